The highest BCUT2D eigenvalue weighted by molar-refractivity contribution is 5.71. The van der Waals surface area contributed by atoms with E-state index in [1.54, 1.807) is 0 Å². The van der Waals surface area contributed by atoms with Crippen molar-refractivity contribution in [3.63, 3.8) is 0 Å². The zero-order chi connectivity index (χ0) is 45.8. The molecule has 0 heterocycles. The van der Waals surface area contributed by atoms with E-state index < -0.39 is 6.10 Å². The predicted octanol–water partition coefficient (Wildman–Crippen LogP) is 18.5. The Balaban J connectivity index is 4.07. The molecular weight excluding hydrogens is 781 g/mol. The summed E-state index contributed by atoms with van der Waals surface area (Å²) in [5.41, 5.74) is 0. The zero-order valence-corrected chi connectivity index (χ0v) is 42.6. The molecule has 0 amide bonds. The number of rotatable bonds is 52. The summed E-state index contributed by atoms with van der Waals surface area (Å²) >= 11 is 0. The van der Waals surface area contributed by atoms with E-state index in [1.165, 1.54) is 212 Å². The maximum atomic E-state index is 12.7. The van der Waals surface area contributed by atoms with Crippen LogP contribution in [0.2, 0.25) is 0 Å². The van der Waals surface area contributed by atoms with E-state index in [4.69, 9.17) is 14.2 Å². The number of unbranched alkanes of at least 4 members (excludes halogenated alkanes) is 39. The minimum Gasteiger partial charge on any atom is -0.462 e. The minimum absolute atomic E-state index is 0.0684. The lowest BCUT2D eigenvalue weighted by Crippen LogP contribution is -2.30. The van der Waals surface area contributed by atoms with E-state index in [-0.39, 0.29) is 31.1 Å². The Labute approximate surface area is 392 Å². The van der Waals surface area contributed by atoms with Gasteiger partial charge < -0.3 is 14.2 Å². The van der Waals surface area contributed by atoms with Gasteiger partial charge in [-0.15, -0.1) is 0 Å². The number of carbonyl (C=O) groups excluding carboxylic acids is 3. The standard InChI is InChI=1S/C57H108O6/c1-4-7-10-13-16-19-21-23-24-25-26-27-28-29-30-31-32-33-34-35-37-38-41-44-47-50-56(59)62-53-54(52-61-55(58)49-46-43-40-18-15-12-9-6-3)63-57(60)51-48-45-42-39-36-22-20-17-14-11-8-5-2/h17,20,54H,4-16,18-19,21-53H2,1-3H3/b20-17-. The zero-order valence-electron chi connectivity index (χ0n) is 42.6. The SMILES string of the molecule is CCCCC/C=C\CCCCCCCC(=O)OC(COC(=O)CCCCCCCCCC)COC(=O)CCCCCCCCCCCCCCCCCCCCCCCCCCC. The molecule has 1 atom stereocenters. The number of ether oxygens (including phenoxy) is 3. The van der Waals surface area contributed by atoms with Gasteiger partial charge in [-0.25, -0.2) is 0 Å². The fraction of sp³-hybridized carbons (Fsp3) is 0.912. The summed E-state index contributed by atoms with van der Waals surface area (Å²) in [4.78, 5) is 37.9. The fourth-order valence-electron chi connectivity index (χ4n) is 8.50. The van der Waals surface area contributed by atoms with Crippen LogP contribution in [0.25, 0.3) is 0 Å². The third kappa shape index (κ3) is 51.0. The largest absolute Gasteiger partial charge is 0.462 e. The van der Waals surface area contributed by atoms with Crippen LogP contribution in [0.4, 0.5) is 0 Å². The Morgan fingerprint density at radius 3 is 0.825 bits per heavy atom. The summed E-state index contributed by atoms with van der Waals surface area (Å²) in [6, 6.07) is 0. The molecule has 0 aliphatic carbocycles. The average molecular weight is 889 g/mol. The van der Waals surface area contributed by atoms with Crippen LogP contribution < -0.4 is 0 Å². The molecule has 0 spiro atoms. The fourth-order valence-corrected chi connectivity index (χ4v) is 8.50. The molecule has 0 saturated heterocycles. The van der Waals surface area contributed by atoms with Crippen molar-refractivity contribution in [2.45, 2.75) is 322 Å². The van der Waals surface area contributed by atoms with E-state index in [0.717, 1.165) is 64.2 Å². The summed E-state index contributed by atoms with van der Waals surface area (Å²) in [5, 5.41) is 0. The first-order chi connectivity index (χ1) is 31.0. The molecule has 63 heavy (non-hydrogen) atoms. The molecular formula is C57H108O6. The molecule has 0 radical (unpaired) electrons. The molecule has 1 unspecified atom stereocenters. The second-order valence-corrected chi connectivity index (χ2v) is 19.2. The molecule has 6 nitrogen and oxygen atoms in total. The Hall–Kier alpha value is -1.85. The van der Waals surface area contributed by atoms with Crippen molar-refractivity contribution in [3.05, 3.63) is 12.2 Å². The van der Waals surface area contributed by atoms with Crippen LogP contribution in [0.15, 0.2) is 12.2 Å². The maximum Gasteiger partial charge on any atom is 0.306 e. The van der Waals surface area contributed by atoms with Crippen molar-refractivity contribution >= 4 is 17.9 Å². The molecule has 0 bridgehead atoms. The molecule has 6 heteroatoms. The topological polar surface area (TPSA) is 78.9 Å². The number of hydrogen-bond acceptors (Lipinski definition) is 6. The van der Waals surface area contributed by atoms with Crippen LogP contribution in [0, 0.1) is 0 Å². The van der Waals surface area contributed by atoms with Gasteiger partial charge in [0.2, 0.25) is 0 Å². The Bertz CT molecular complexity index is 978. The van der Waals surface area contributed by atoms with Crippen molar-refractivity contribution in [1.82, 2.24) is 0 Å². The summed E-state index contributed by atoms with van der Waals surface area (Å²) < 4.78 is 16.8. The Kier molecular flexibility index (Phi) is 51.2. The monoisotopic (exact) mass is 889 g/mol. The van der Waals surface area contributed by atoms with Gasteiger partial charge >= 0.3 is 17.9 Å². The van der Waals surface area contributed by atoms with E-state index in [2.05, 4.69) is 32.9 Å². The van der Waals surface area contributed by atoms with Crippen LogP contribution in [0.3, 0.4) is 0 Å². The molecule has 0 aromatic heterocycles. The first kappa shape index (κ1) is 61.1. The van der Waals surface area contributed by atoms with Crippen molar-refractivity contribution < 1.29 is 28.6 Å². The molecule has 0 aliphatic heterocycles. The van der Waals surface area contributed by atoms with Crippen LogP contribution in [0.5, 0.6) is 0 Å². The van der Waals surface area contributed by atoms with Gasteiger partial charge in [0, 0.05) is 19.3 Å². The van der Waals surface area contributed by atoms with E-state index in [9.17, 15) is 14.4 Å². The van der Waals surface area contributed by atoms with Gasteiger partial charge in [0.25, 0.3) is 0 Å². The first-order valence-electron chi connectivity index (χ1n) is 28.2. The summed E-state index contributed by atoms with van der Waals surface area (Å²) in [6.45, 7) is 6.62. The third-order valence-corrected chi connectivity index (χ3v) is 12.8. The maximum absolute atomic E-state index is 12.7. The third-order valence-electron chi connectivity index (χ3n) is 12.8. The molecule has 0 N–H and O–H groups in total. The van der Waals surface area contributed by atoms with Crippen molar-refractivity contribution in [2.75, 3.05) is 13.2 Å². The molecule has 0 aromatic rings. The summed E-state index contributed by atoms with van der Waals surface area (Å²) in [5.74, 6) is -0.865. The van der Waals surface area contributed by atoms with E-state index >= 15 is 0 Å². The molecule has 0 saturated carbocycles. The average Bonchev–Trinajstić information content (AvgIpc) is 3.28. The number of esters is 3. The van der Waals surface area contributed by atoms with Crippen molar-refractivity contribution in [1.29, 1.82) is 0 Å². The Morgan fingerprint density at radius 1 is 0.302 bits per heavy atom. The number of hydrogen-bond donors (Lipinski definition) is 0. The molecule has 0 aromatic carbocycles. The van der Waals surface area contributed by atoms with E-state index in [0.29, 0.717) is 19.3 Å². The molecule has 0 fully saturated rings. The second-order valence-electron chi connectivity index (χ2n) is 19.2. The molecule has 0 rings (SSSR count). The highest BCUT2D eigenvalue weighted by Crippen LogP contribution is 2.17. The van der Waals surface area contributed by atoms with Crippen LogP contribution in [-0.2, 0) is 28.6 Å². The van der Waals surface area contributed by atoms with Crippen molar-refractivity contribution in [2.24, 2.45) is 0 Å². The van der Waals surface area contributed by atoms with Gasteiger partial charge in [0.1, 0.15) is 13.2 Å². The predicted molar refractivity (Wildman–Crippen MR) is 270 cm³/mol. The summed E-state index contributed by atoms with van der Waals surface area (Å²) in [6.07, 6.45) is 59.5. The normalized spacial score (nSPS) is 12.0. The highest BCUT2D eigenvalue weighted by atomic mass is 16.6. The Morgan fingerprint density at radius 2 is 0.524 bits per heavy atom. The van der Waals surface area contributed by atoms with Gasteiger partial charge in [-0.05, 0) is 44.9 Å². The van der Waals surface area contributed by atoms with Gasteiger partial charge in [-0.3, -0.25) is 14.4 Å². The van der Waals surface area contributed by atoms with Crippen molar-refractivity contribution in [3.8, 4) is 0 Å². The minimum atomic E-state index is -0.767. The molecule has 372 valence electrons. The van der Waals surface area contributed by atoms with E-state index in [1.807, 2.05) is 0 Å². The van der Waals surface area contributed by atoms with Gasteiger partial charge in [0.05, 0.1) is 0 Å². The molecule has 0 aliphatic rings. The lowest BCUT2D eigenvalue weighted by atomic mass is 10.0. The quantitative estimate of drug-likeness (QED) is 0.0262. The smallest absolute Gasteiger partial charge is 0.306 e. The lowest BCUT2D eigenvalue weighted by Gasteiger charge is -2.18. The number of allylic oxidation sites excluding steroid dienone is 2. The first-order valence-corrected chi connectivity index (χ1v) is 28.2. The van der Waals surface area contributed by atoms with Gasteiger partial charge in [-0.2, -0.15) is 0 Å². The highest BCUT2D eigenvalue weighted by Gasteiger charge is 2.19. The number of carbonyl (C=O) groups is 3. The van der Waals surface area contributed by atoms with Crippen LogP contribution in [-0.4, -0.2) is 37.2 Å². The van der Waals surface area contributed by atoms with Gasteiger partial charge in [-0.1, -0.05) is 264 Å². The second kappa shape index (κ2) is 52.8. The lowest BCUT2D eigenvalue weighted by molar-refractivity contribution is -0.167. The van der Waals surface area contributed by atoms with Crippen LogP contribution in [0.1, 0.15) is 316 Å². The van der Waals surface area contributed by atoms with Gasteiger partial charge in [0.15, 0.2) is 6.10 Å². The summed E-state index contributed by atoms with van der Waals surface area (Å²) in [7, 11) is 0. The van der Waals surface area contributed by atoms with Crippen LogP contribution >= 0.6 is 0 Å².